The Bertz CT molecular complexity index is 744. The molecule has 0 aromatic heterocycles. The van der Waals surface area contributed by atoms with E-state index in [4.69, 9.17) is 9.47 Å². The van der Waals surface area contributed by atoms with Crippen LogP contribution in [0.3, 0.4) is 0 Å². The van der Waals surface area contributed by atoms with Gasteiger partial charge in [-0.25, -0.2) is 0 Å². The molecule has 0 radical (unpaired) electrons. The van der Waals surface area contributed by atoms with Crippen LogP contribution in [0.15, 0.2) is 12.1 Å². The summed E-state index contributed by atoms with van der Waals surface area (Å²) in [6, 6.07) is 4.74. The molecule has 1 saturated carbocycles. The molecule has 0 N–H and O–H groups in total. The van der Waals surface area contributed by atoms with E-state index in [2.05, 4.69) is 67.5 Å². The highest BCUT2D eigenvalue weighted by atomic mass is 16.5. The van der Waals surface area contributed by atoms with E-state index in [1.165, 1.54) is 62.5 Å². The minimum atomic E-state index is 0.0263. The Morgan fingerprint density at radius 2 is 1.94 bits per heavy atom. The number of rotatable bonds is 8. The molecule has 0 saturated heterocycles. The number of ether oxygens (including phenoxy) is 2. The van der Waals surface area contributed by atoms with Gasteiger partial charge in [0.15, 0.2) is 0 Å². The van der Waals surface area contributed by atoms with Gasteiger partial charge in [0.05, 0.1) is 13.2 Å². The van der Waals surface area contributed by atoms with Crippen LogP contribution >= 0.6 is 0 Å². The van der Waals surface area contributed by atoms with Crippen molar-refractivity contribution in [1.29, 1.82) is 0 Å². The minimum absolute atomic E-state index is 0.0263. The Balaban J connectivity index is 2.01. The van der Waals surface area contributed by atoms with Gasteiger partial charge in [-0.1, -0.05) is 81.1 Å². The first kappa shape index (κ1) is 25.4. The standard InChI is InChI=1S/C30H50O2/c1-9-11-13-22(10-2)19-31-28-16-24-25-18-30(8,15-12-14-23(25)21(3)4)20-32-27(24)17-26(28)29(5,6)7/h16-17,21-23,25H,9-15,18-20H2,1-8H3. The maximum atomic E-state index is 6.65. The fourth-order valence-corrected chi connectivity index (χ4v) is 6.07. The summed E-state index contributed by atoms with van der Waals surface area (Å²) in [5.41, 5.74) is 3.02. The van der Waals surface area contributed by atoms with Gasteiger partial charge in [-0.2, -0.15) is 0 Å². The van der Waals surface area contributed by atoms with Crippen molar-refractivity contribution in [1.82, 2.24) is 0 Å². The minimum Gasteiger partial charge on any atom is -0.493 e. The normalized spacial score (nSPS) is 26.7. The summed E-state index contributed by atoms with van der Waals surface area (Å²) in [5.74, 6) is 4.85. The average Bonchev–Trinajstić information content (AvgIpc) is 2.99. The lowest BCUT2D eigenvalue weighted by atomic mass is 9.72. The largest absolute Gasteiger partial charge is 0.493 e. The first-order valence-electron chi connectivity index (χ1n) is 13.5. The summed E-state index contributed by atoms with van der Waals surface area (Å²) >= 11 is 0. The van der Waals surface area contributed by atoms with Gasteiger partial charge >= 0.3 is 0 Å². The highest BCUT2D eigenvalue weighted by Gasteiger charge is 2.41. The highest BCUT2D eigenvalue weighted by molar-refractivity contribution is 5.51. The number of hydrogen-bond donors (Lipinski definition) is 0. The SMILES string of the molecule is CCCCC(CC)COc1cc2c(cc1C(C)(C)C)OCC1(C)CCCC(C(C)C)C2C1. The second kappa shape index (κ2) is 10.4. The summed E-state index contributed by atoms with van der Waals surface area (Å²) in [5, 5.41) is 0. The van der Waals surface area contributed by atoms with E-state index in [-0.39, 0.29) is 10.8 Å². The van der Waals surface area contributed by atoms with Gasteiger partial charge in [-0.3, -0.25) is 0 Å². The van der Waals surface area contributed by atoms with Crippen molar-refractivity contribution in [3.8, 4) is 11.5 Å². The van der Waals surface area contributed by atoms with E-state index in [0.717, 1.165) is 30.6 Å². The molecule has 0 amide bonds. The van der Waals surface area contributed by atoms with Gasteiger partial charge in [-0.15, -0.1) is 0 Å². The molecule has 32 heavy (non-hydrogen) atoms. The van der Waals surface area contributed by atoms with Crippen LogP contribution in [0, 0.1) is 23.2 Å². The van der Waals surface area contributed by atoms with Crippen molar-refractivity contribution in [3.63, 3.8) is 0 Å². The summed E-state index contributed by atoms with van der Waals surface area (Å²) in [6.07, 6.45) is 10.2. The first-order valence-corrected chi connectivity index (χ1v) is 13.5. The Kier molecular flexibility index (Phi) is 8.26. The van der Waals surface area contributed by atoms with Crippen molar-refractivity contribution in [3.05, 3.63) is 23.3 Å². The molecule has 2 bridgehead atoms. The third-order valence-electron chi connectivity index (χ3n) is 8.32. The third kappa shape index (κ3) is 5.84. The fourth-order valence-electron chi connectivity index (χ4n) is 6.07. The Hall–Kier alpha value is -1.18. The summed E-state index contributed by atoms with van der Waals surface area (Å²) in [7, 11) is 0. The Morgan fingerprint density at radius 3 is 2.56 bits per heavy atom. The van der Waals surface area contributed by atoms with Crippen molar-refractivity contribution in [2.45, 2.75) is 118 Å². The Labute approximate surface area is 198 Å². The molecule has 2 heteroatoms. The molecular weight excluding hydrogens is 392 g/mol. The molecule has 1 aliphatic heterocycles. The molecule has 4 unspecified atom stereocenters. The molecule has 3 rings (SSSR count). The third-order valence-corrected chi connectivity index (χ3v) is 8.32. The molecule has 0 spiro atoms. The first-order chi connectivity index (χ1) is 15.1. The summed E-state index contributed by atoms with van der Waals surface area (Å²) < 4.78 is 13.2. The number of hydrogen-bond acceptors (Lipinski definition) is 2. The van der Waals surface area contributed by atoms with Gasteiger partial charge in [-0.05, 0) is 66.9 Å². The van der Waals surface area contributed by atoms with Crippen molar-refractivity contribution >= 4 is 0 Å². The van der Waals surface area contributed by atoms with Crippen LogP contribution in [0.25, 0.3) is 0 Å². The fraction of sp³-hybridized carbons (Fsp3) is 0.800. The summed E-state index contributed by atoms with van der Waals surface area (Å²) in [4.78, 5) is 0. The van der Waals surface area contributed by atoms with Crippen molar-refractivity contribution in [2.75, 3.05) is 13.2 Å². The number of benzene rings is 1. The predicted molar refractivity (Wildman–Crippen MR) is 137 cm³/mol. The highest BCUT2D eigenvalue weighted by Crippen LogP contribution is 2.53. The molecule has 2 aliphatic rings. The zero-order valence-electron chi connectivity index (χ0n) is 22.4. The molecular formula is C30H50O2. The van der Waals surface area contributed by atoms with Gasteiger partial charge in [0.25, 0.3) is 0 Å². The average molecular weight is 443 g/mol. The van der Waals surface area contributed by atoms with Gasteiger partial charge in [0, 0.05) is 16.5 Å². The van der Waals surface area contributed by atoms with E-state index in [1.54, 1.807) is 0 Å². The van der Waals surface area contributed by atoms with E-state index in [1.807, 2.05) is 0 Å². The lowest BCUT2D eigenvalue weighted by Gasteiger charge is -2.32. The molecule has 4 atom stereocenters. The van der Waals surface area contributed by atoms with E-state index < -0.39 is 0 Å². The summed E-state index contributed by atoms with van der Waals surface area (Å²) in [6.45, 7) is 20.4. The smallest absolute Gasteiger partial charge is 0.123 e. The van der Waals surface area contributed by atoms with E-state index in [9.17, 15) is 0 Å². The molecule has 1 aromatic rings. The van der Waals surface area contributed by atoms with Crippen molar-refractivity contribution < 1.29 is 9.47 Å². The van der Waals surface area contributed by atoms with Gasteiger partial charge in [0.2, 0.25) is 0 Å². The molecule has 1 fully saturated rings. The van der Waals surface area contributed by atoms with Crippen LogP contribution in [0.4, 0.5) is 0 Å². The number of unbranched alkanes of at least 4 members (excludes halogenated alkanes) is 1. The molecule has 1 aliphatic carbocycles. The van der Waals surface area contributed by atoms with Crippen LogP contribution in [0.2, 0.25) is 0 Å². The monoisotopic (exact) mass is 442 g/mol. The van der Waals surface area contributed by atoms with E-state index >= 15 is 0 Å². The molecule has 1 heterocycles. The van der Waals surface area contributed by atoms with Crippen LogP contribution in [-0.2, 0) is 5.41 Å². The molecule has 2 nitrogen and oxygen atoms in total. The predicted octanol–water partition coefficient (Wildman–Crippen LogP) is 8.91. The Morgan fingerprint density at radius 1 is 1.19 bits per heavy atom. The molecule has 1 aromatic carbocycles. The van der Waals surface area contributed by atoms with Crippen LogP contribution in [0.1, 0.15) is 124 Å². The quantitative estimate of drug-likeness (QED) is 0.400. The zero-order valence-corrected chi connectivity index (χ0v) is 22.4. The number of fused-ring (bicyclic) bond motifs is 4. The van der Waals surface area contributed by atoms with Crippen molar-refractivity contribution in [2.24, 2.45) is 23.2 Å². The van der Waals surface area contributed by atoms with Crippen LogP contribution < -0.4 is 9.47 Å². The van der Waals surface area contributed by atoms with Gasteiger partial charge in [0.1, 0.15) is 11.5 Å². The van der Waals surface area contributed by atoms with Gasteiger partial charge < -0.3 is 9.47 Å². The van der Waals surface area contributed by atoms with Crippen LogP contribution in [-0.4, -0.2) is 13.2 Å². The second-order valence-corrected chi connectivity index (χ2v) is 12.6. The lowest BCUT2D eigenvalue weighted by molar-refractivity contribution is 0.148. The second-order valence-electron chi connectivity index (χ2n) is 12.6. The van der Waals surface area contributed by atoms with E-state index in [0.29, 0.717) is 17.8 Å². The molecule has 182 valence electrons. The maximum Gasteiger partial charge on any atom is 0.123 e. The van der Waals surface area contributed by atoms with Crippen LogP contribution in [0.5, 0.6) is 11.5 Å². The lowest BCUT2D eigenvalue weighted by Crippen LogP contribution is -2.25. The zero-order chi connectivity index (χ0) is 23.5. The topological polar surface area (TPSA) is 18.5 Å². The maximum absolute atomic E-state index is 6.65.